The monoisotopic (exact) mass is 588 g/mol. The van der Waals surface area contributed by atoms with Crippen molar-refractivity contribution in [3.63, 3.8) is 0 Å². The molecule has 0 radical (unpaired) electrons. The number of halogens is 1. The molecule has 1 N–H and O–H groups in total. The summed E-state index contributed by atoms with van der Waals surface area (Å²) in [4.78, 5) is 46.3. The minimum Gasteiger partial charge on any atom is -0.454 e. The summed E-state index contributed by atoms with van der Waals surface area (Å²) in [5, 5.41) is 3.56. The largest absolute Gasteiger partial charge is 0.454 e. The standard InChI is InChI=1S/C35H25ClN2O5/c1-19-16-29-35(24-7-3-4-8-25(24)37-34(35)41)30(32(39)21-12-15-27-28(17-21)43-18-42-27)31(33(40)20-10-13-22(36)14-11-20)38(29)26-9-5-2-6-23(19)26/h2-17,29-31H,18H2,1H3,(H,37,41)/t29-,30+,31+,35-/m1/s1. The molecule has 4 atom stereocenters. The normalized spacial score (nSPS) is 24.2. The minimum absolute atomic E-state index is 0.0600. The van der Waals surface area contributed by atoms with E-state index in [-0.39, 0.29) is 24.3 Å². The number of nitrogens with zero attached hydrogens (tertiary/aromatic N) is 1. The molecule has 0 aromatic heterocycles. The van der Waals surface area contributed by atoms with E-state index in [0.29, 0.717) is 38.9 Å². The van der Waals surface area contributed by atoms with Crippen LogP contribution in [-0.4, -0.2) is 36.4 Å². The van der Waals surface area contributed by atoms with Crippen molar-refractivity contribution >= 4 is 46.0 Å². The number of para-hydroxylation sites is 2. The van der Waals surface area contributed by atoms with Crippen molar-refractivity contribution in [3.8, 4) is 11.5 Å². The van der Waals surface area contributed by atoms with Crippen LogP contribution in [0.3, 0.4) is 0 Å². The Morgan fingerprint density at radius 3 is 2.44 bits per heavy atom. The van der Waals surface area contributed by atoms with Crippen LogP contribution < -0.4 is 19.7 Å². The molecule has 8 rings (SSSR count). The highest BCUT2D eigenvalue weighted by atomic mass is 35.5. The number of hydrogen-bond donors (Lipinski definition) is 1. The number of anilines is 2. The van der Waals surface area contributed by atoms with Crippen molar-refractivity contribution in [2.24, 2.45) is 5.92 Å². The molecular weight excluding hydrogens is 564 g/mol. The molecule has 8 heteroatoms. The van der Waals surface area contributed by atoms with Crippen LogP contribution in [0, 0.1) is 5.92 Å². The van der Waals surface area contributed by atoms with E-state index in [0.717, 1.165) is 16.8 Å². The molecule has 4 aliphatic rings. The number of benzene rings is 4. The van der Waals surface area contributed by atoms with Gasteiger partial charge in [0, 0.05) is 33.1 Å². The van der Waals surface area contributed by atoms with Crippen LogP contribution in [-0.2, 0) is 10.2 Å². The van der Waals surface area contributed by atoms with Gasteiger partial charge < -0.3 is 19.7 Å². The molecule has 4 aromatic rings. The first-order chi connectivity index (χ1) is 20.9. The highest BCUT2D eigenvalue weighted by Crippen LogP contribution is 2.59. The Balaban J connectivity index is 1.42. The Bertz CT molecular complexity index is 1900. The van der Waals surface area contributed by atoms with Crippen LogP contribution in [0.2, 0.25) is 5.02 Å². The van der Waals surface area contributed by atoms with E-state index in [9.17, 15) is 9.59 Å². The quantitative estimate of drug-likeness (QED) is 0.281. The molecule has 1 spiro atoms. The average Bonchev–Trinajstić information content (AvgIpc) is 3.70. The summed E-state index contributed by atoms with van der Waals surface area (Å²) >= 11 is 6.19. The Morgan fingerprint density at radius 2 is 1.60 bits per heavy atom. The van der Waals surface area contributed by atoms with Crippen LogP contribution in [0.4, 0.5) is 11.4 Å². The summed E-state index contributed by atoms with van der Waals surface area (Å²) in [6.07, 6.45) is 2.04. The Labute approximate surface area is 252 Å². The molecule has 0 unspecified atom stereocenters. The third-order valence-electron chi connectivity index (χ3n) is 9.22. The second-order valence-electron chi connectivity index (χ2n) is 11.3. The Hall–Kier alpha value is -4.88. The topological polar surface area (TPSA) is 84.9 Å². The number of allylic oxidation sites excluding steroid dienone is 1. The number of carbonyl (C=O) groups excluding carboxylic acids is 3. The van der Waals surface area contributed by atoms with Crippen LogP contribution in [0.25, 0.3) is 5.57 Å². The number of nitrogens with one attached hydrogen (secondary N) is 1. The summed E-state index contributed by atoms with van der Waals surface area (Å²) in [5.41, 5.74) is 3.42. The molecule has 1 amide bonds. The Kier molecular flexibility index (Phi) is 5.59. The van der Waals surface area contributed by atoms with Gasteiger partial charge in [0.2, 0.25) is 12.7 Å². The molecule has 43 heavy (non-hydrogen) atoms. The number of carbonyl (C=O) groups is 3. The zero-order valence-corrected chi connectivity index (χ0v) is 23.8. The molecule has 0 saturated carbocycles. The second-order valence-corrected chi connectivity index (χ2v) is 11.8. The first-order valence-electron chi connectivity index (χ1n) is 14.1. The van der Waals surface area contributed by atoms with E-state index in [4.69, 9.17) is 21.1 Å². The maximum absolute atomic E-state index is 15.0. The third-order valence-corrected chi connectivity index (χ3v) is 9.47. The predicted molar refractivity (Wildman–Crippen MR) is 163 cm³/mol. The molecule has 212 valence electrons. The molecule has 0 aliphatic carbocycles. The summed E-state index contributed by atoms with van der Waals surface area (Å²) < 4.78 is 11.1. The number of fused-ring (bicyclic) bond motifs is 7. The first kappa shape index (κ1) is 25.8. The van der Waals surface area contributed by atoms with Gasteiger partial charge >= 0.3 is 0 Å². The smallest absolute Gasteiger partial charge is 0.238 e. The van der Waals surface area contributed by atoms with Crippen LogP contribution in [0.15, 0.2) is 97.1 Å². The molecule has 1 saturated heterocycles. The van der Waals surface area contributed by atoms with E-state index in [2.05, 4.69) is 5.32 Å². The van der Waals surface area contributed by atoms with Crippen LogP contribution in [0.1, 0.15) is 38.8 Å². The highest BCUT2D eigenvalue weighted by molar-refractivity contribution is 6.30. The van der Waals surface area contributed by atoms with E-state index < -0.39 is 23.4 Å². The summed E-state index contributed by atoms with van der Waals surface area (Å²) in [5.74, 6) is -0.987. The summed E-state index contributed by atoms with van der Waals surface area (Å²) in [6, 6.07) is 25.4. The zero-order chi connectivity index (χ0) is 29.5. The fourth-order valence-electron chi connectivity index (χ4n) is 7.40. The lowest BCUT2D eigenvalue weighted by atomic mass is 9.64. The molecule has 1 fully saturated rings. The molecule has 4 aliphatic heterocycles. The minimum atomic E-state index is -1.40. The summed E-state index contributed by atoms with van der Waals surface area (Å²) in [7, 11) is 0. The van der Waals surface area contributed by atoms with Gasteiger partial charge in [-0.3, -0.25) is 14.4 Å². The maximum atomic E-state index is 15.0. The van der Waals surface area contributed by atoms with E-state index in [1.807, 2.05) is 66.4 Å². The lowest BCUT2D eigenvalue weighted by molar-refractivity contribution is -0.121. The predicted octanol–water partition coefficient (Wildman–Crippen LogP) is 6.31. The van der Waals surface area contributed by atoms with Gasteiger partial charge in [0.25, 0.3) is 0 Å². The number of hydrogen-bond acceptors (Lipinski definition) is 6. The van der Waals surface area contributed by atoms with Crippen molar-refractivity contribution in [1.29, 1.82) is 0 Å². The lowest BCUT2D eigenvalue weighted by Crippen LogP contribution is -2.51. The van der Waals surface area contributed by atoms with Crippen molar-refractivity contribution in [2.75, 3.05) is 17.0 Å². The molecule has 0 bridgehead atoms. The van der Waals surface area contributed by atoms with Gasteiger partial charge in [-0.1, -0.05) is 54.1 Å². The van der Waals surface area contributed by atoms with Crippen molar-refractivity contribution in [3.05, 3.63) is 124 Å². The maximum Gasteiger partial charge on any atom is 0.238 e. The molecule has 7 nitrogen and oxygen atoms in total. The van der Waals surface area contributed by atoms with Gasteiger partial charge in [0.1, 0.15) is 11.5 Å². The molecule has 4 heterocycles. The zero-order valence-electron chi connectivity index (χ0n) is 23.0. The van der Waals surface area contributed by atoms with Gasteiger partial charge in [0.05, 0.1) is 12.0 Å². The lowest BCUT2D eigenvalue weighted by Gasteiger charge is -2.39. The second kappa shape index (κ2) is 9.31. The number of amides is 1. The van der Waals surface area contributed by atoms with Gasteiger partial charge in [0.15, 0.2) is 23.1 Å². The fraction of sp³-hybridized carbons (Fsp3) is 0.171. The van der Waals surface area contributed by atoms with Crippen LogP contribution in [0.5, 0.6) is 11.5 Å². The van der Waals surface area contributed by atoms with Gasteiger partial charge in [-0.05, 0) is 72.7 Å². The third kappa shape index (κ3) is 3.52. The average molecular weight is 589 g/mol. The van der Waals surface area contributed by atoms with Crippen molar-refractivity contribution < 1.29 is 23.9 Å². The number of ketones is 2. The van der Waals surface area contributed by atoms with E-state index >= 15 is 4.79 Å². The van der Waals surface area contributed by atoms with Crippen molar-refractivity contribution in [1.82, 2.24) is 0 Å². The number of ether oxygens (including phenoxy) is 2. The van der Waals surface area contributed by atoms with Gasteiger partial charge in [-0.2, -0.15) is 0 Å². The molecular formula is C35H25ClN2O5. The van der Waals surface area contributed by atoms with Gasteiger partial charge in [-0.25, -0.2) is 0 Å². The number of Topliss-reactive ketones (excluding diaryl/α,β-unsaturated/α-hetero) is 2. The van der Waals surface area contributed by atoms with E-state index in [1.165, 1.54) is 0 Å². The van der Waals surface area contributed by atoms with Gasteiger partial charge in [-0.15, -0.1) is 0 Å². The SMILES string of the molecule is CC1=C[C@H]2N(c3ccccc31)[C@H](C(=O)c1ccc(Cl)cc1)[C@@H](C(=O)c1ccc3c(c1)OCO3)[C@]21C(=O)Nc2ccccc21. The van der Waals surface area contributed by atoms with Crippen molar-refractivity contribution in [2.45, 2.75) is 24.4 Å². The molecule has 4 aromatic carbocycles. The van der Waals surface area contributed by atoms with E-state index in [1.54, 1.807) is 42.5 Å². The fourth-order valence-corrected chi connectivity index (χ4v) is 7.53. The van der Waals surface area contributed by atoms with Crippen LogP contribution >= 0.6 is 11.6 Å². The highest BCUT2D eigenvalue weighted by Gasteiger charge is 2.70. The Morgan fingerprint density at radius 1 is 0.884 bits per heavy atom. The first-order valence-corrected chi connectivity index (χ1v) is 14.5. The number of rotatable bonds is 4. The summed E-state index contributed by atoms with van der Waals surface area (Å²) in [6.45, 7) is 2.07.